The van der Waals surface area contributed by atoms with Crippen LogP contribution in [0.4, 0.5) is 5.13 Å². The fraction of sp³-hybridized carbons (Fsp3) is 0.485. The fourth-order valence-electron chi connectivity index (χ4n) is 6.15. The van der Waals surface area contributed by atoms with Crippen LogP contribution in [0.25, 0.3) is 11.3 Å². The summed E-state index contributed by atoms with van der Waals surface area (Å²) >= 11 is 2.95. The van der Waals surface area contributed by atoms with Crippen LogP contribution in [-0.2, 0) is 19.1 Å². The van der Waals surface area contributed by atoms with Gasteiger partial charge in [0.2, 0.25) is 11.8 Å². The monoisotopic (exact) mass is 647 g/mol. The van der Waals surface area contributed by atoms with Crippen molar-refractivity contribution in [1.82, 2.24) is 20.5 Å². The summed E-state index contributed by atoms with van der Waals surface area (Å²) in [4.78, 5) is 59.6. The molecule has 2 aromatic rings. The molecule has 4 fully saturated rings. The Kier molecular flexibility index (Phi) is 8.54. The number of aromatic nitrogens is 1. The zero-order valence-corrected chi connectivity index (χ0v) is 26.6. The van der Waals surface area contributed by atoms with Gasteiger partial charge in [0.15, 0.2) is 5.13 Å². The number of nitrogens with zero attached hydrogens (tertiary/aromatic N) is 2. The molecule has 2 atom stereocenters. The van der Waals surface area contributed by atoms with Gasteiger partial charge in [-0.3, -0.25) is 19.2 Å². The number of hydrogen-bond acceptors (Lipinski definition) is 8. The highest BCUT2D eigenvalue weighted by Crippen LogP contribution is 2.47. The zero-order valence-electron chi connectivity index (χ0n) is 25.0. The van der Waals surface area contributed by atoms with Crippen molar-refractivity contribution in [3.63, 3.8) is 0 Å². The van der Waals surface area contributed by atoms with Gasteiger partial charge >= 0.3 is 0 Å². The Labute approximate surface area is 270 Å². The summed E-state index contributed by atoms with van der Waals surface area (Å²) in [5.41, 5.74) is 3.01. The number of benzene rings is 1. The molecule has 2 saturated carbocycles. The summed E-state index contributed by atoms with van der Waals surface area (Å²) in [5, 5.41) is 11.3. The summed E-state index contributed by atoms with van der Waals surface area (Å²) in [6.07, 6.45) is 12.4. The molecule has 0 radical (unpaired) electrons. The van der Waals surface area contributed by atoms with Crippen LogP contribution in [0, 0.1) is 5.92 Å². The highest BCUT2D eigenvalue weighted by atomic mass is 32.2. The minimum absolute atomic E-state index is 0.0423. The number of carbonyl (C=O) groups excluding carboxylic acids is 4. The van der Waals surface area contributed by atoms with Gasteiger partial charge in [0.25, 0.3) is 11.8 Å². The van der Waals surface area contributed by atoms with Gasteiger partial charge < -0.3 is 25.6 Å². The van der Waals surface area contributed by atoms with Crippen molar-refractivity contribution in [1.29, 1.82) is 0 Å². The average Bonchev–Trinajstić information content (AvgIpc) is 4.00. The number of ether oxygens (including phenoxy) is 1. The van der Waals surface area contributed by atoms with E-state index in [0.717, 1.165) is 43.2 Å². The summed E-state index contributed by atoms with van der Waals surface area (Å²) < 4.78 is 5.67. The molecule has 3 aliphatic carbocycles. The first-order valence-corrected chi connectivity index (χ1v) is 17.7. The number of rotatable bonds is 9. The normalized spacial score (nSPS) is 22.9. The fourth-order valence-corrected chi connectivity index (χ4v) is 8.45. The van der Waals surface area contributed by atoms with E-state index in [0.29, 0.717) is 60.7 Å². The number of anilines is 1. The van der Waals surface area contributed by atoms with Crippen molar-refractivity contribution >= 4 is 51.9 Å². The van der Waals surface area contributed by atoms with Crippen molar-refractivity contribution in [3.8, 4) is 11.3 Å². The van der Waals surface area contributed by atoms with E-state index < -0.39 is 17.0 Å². The molecule has 45 heavy (non-hydrogen) atoms. The molecule has 2 saturated heterocycles. The number of hydrogen-bond donors (Lipinski definition) is 3. The Hall–Kier alpha value is -3.48. The molecule has 1 aromatic carbocycles. The van der Waals surface area contributed by atoms with Crippen molar-refractivity contribution in [2.75, 3.05) is 24.3 Å². The van der Waals surface area contributed by atoms with Crippen molar-refractivity contribution < 1.29 is 23.9 Å². The molecule has 3 heterocycles. The topological polar surface area (TPSA) is 130 Å². The van der Waals surface area contributed by atoms with Gasteiger partial charge in [-0.15, -0.1) is 23.1 Å². The first-order chi connectivity index (χ1) is 21.9. The molecule has 1 spiro atoms. The molecule has 10 nitrogen and oxygen atoms in total. The van der Waals surface area contributed by atoms with Crippen LogP contribution in [-0.4, -0.2) is 75.5 Å². The quantitative estimate of drug-likeness (QED) is 0.371. The second-order valence-corrected chi connectivity index (χ2v) is 14.6. The van der Waals surface area contributed by atoms with E-state index in [1.165, 1.54) is 11.3 Å². The van der Waals surface area contributed by atoms with Crippen LogP contribution >= 0.6 is 23.1 Å². The summed E-state index contributed by atoms with van der Waals surface area (Å²) in [6, 6.07) is 6.05. The number of allylic oxidation sites excluding steroid dienone is 3. The lowest BCUT2D eigenvalue weighted by Gasteiger charge is -2.43. The Morgan fingerprint density at radius 1 is 1.02 bits per heavy atom. The van der Waals surface area contributed by atoms with Crippen LogP contribution < -0.4 is 16.0 Å². The van der Waals surface area contributed by atoms with E-state index in [1.54, 1.807) is 28.8 Å². The highest BCUT2D eigenvalue weighted by molar-refractivity contribution is 8.01. The molecule has 0 unspecified atom stereocenters. The summed E-state index contributed by atoms with van der Waals surface area (Å²) in [6.45, 7) is 1.01. The van der Waals surface area contributed by atoms with Gasteiger partial charge in [-0.1, -0.05) is 30.4 Å². The SMILES string of the molecule is O=C(NC1CC1)c1ccc(-c2csc(NC(=O)[C@@H]3CSC4(CCOCC4)N3C(=O)[C@H](NC(=O)C3CC3)C3=CC=CCC3)n2)cc1. The van der Waals surface area contributed by atoms with E-state index in [2.05, 4.69) is 27.0 Å². The molecule has 4 amide bonds. The molecular formula is C33H37N5O5S2. The molecule has 0 bridgehead atoms. The van der Waals surface area contributed by atoms with E-state index in [4.69, 9.17) is 4.74 Å². The second kappa shape index (κ2) is 12.7. The minimum Gasteiger partial charge on any atom is -0.381 e. The molecule has 2 aliphatic heterocycles. The predicted octanol–water partition coefficient (Wildman–Crippen LogP) is 4.26. The smallest absolute Gasteiger partial charge is 0.251 e. The maximum absolute atomic E-state index is 14.6. The van der Waals surface area contributed by atoms with E-state index >= 15 is 0 Å². The number of amides is 4. The maximum atomic E-state index is 14.6. The van der Waals surface area contributed by atoms with Crippen molar-refractivity contribution in [2.45, 2.75) is 74.4 Å². The van der Waals surface area contributed by atoms with Gasteiger partial charge in [-0.25, -0.2) is 4.98 Å². The van der Waals surface area contributed by atoms with Gasteiger partial charge in [0, 0.05) is 60.3 Å². The molecule has 12 heteroatoms. The zero-order chi connectivity index (χ0) is 31.0. The number of thioether (sulfide) groups is 1. The third-order valence-corrected chi connectivity index (χ3v) is 11.4. The van der Waals surface area contributed by atoms with E-state index in [-0.39, 0.29) is 29.5 Å². The lowest BCUT2D eigenvalue weighted by Crippen LogP contribution is -2.61. The van der Waals surface area contributed by atoms with Gasteiger partial charge in [-0.05, 0) is 56.2 Å². The standard InChI is InChI=1S/C33H37N5O5S2/c39-28(34-24-12-13-24)22-8-6-20(7-9-22)25-18-44-32(35-25)37-30(41)26-19-45-33(14-16-43-17-15-33)38(26)31(42)27(21-4-2-1-3-5-21)36-29(40)23-10-11-23/h1-2,4,6-9,18,23-24,26-27H,3,5,10-17,19H2,(H,34,39)(H,36,40)(H,35,37,41)/t26-,27+/m0/s1. The molecular weight excluding hydrogens is 611 g/mol. The van der Waals surface area contributed by atoms with Gasteiger partial charge in [0.05, 0.1) is 10.6 Å². The Morgan fingerprint density at radius 2 is 1.80 bits per heavy atom. The Bertz CT molecular complexity index is 1540. The number of nitrogens with one attached hydrogen (secondary N) is 3. The largest absolute Gasteiger partial charge is 0.381 e. The molecule has 5 aliphatic rings. The van der Waals surface area contributed by atoms with Crippen molar-refractivity contribution in [3.05, 3.63) is 59.0 Å². The van der Waals surface area contributed by atoms with Crippen LogP contribution in [0.5, 0.6) is 0 Å². The maximum Gasteiger partial charge on any atom is 0.251 e. The third kappa shape index (κ3) is 6.59. The van der Waals surface area contributed by atoms with E-state index in [9.17, 15) is 19.2 Å². The first kappa shape index (κ1) is 30.2. The molecule has 3 N–H and O–H groups in total. The second-order valence-electron chi connectivity index (χ2n) is 12.4. The highest BCUT2D eigenvalue weighted by Gasteiger charge is 2.54. The van der Waals surface area contributed by atoms with Crippen LogP contribution in [0.2, 0.25) is 0 Å². The summed E-state index contributed by atoms with van der Waals surface area (Å²) in [7, 11) is 0. The van der Waals surface area contributed by atoms with E-state index in [1.807, 2.05) is 29.7 Å². The van der Waals surface area contributed by atoms with Gasteiger partial charge in [-0.2, -0.15) is 0 Å². The Balaban J connectivity index is 1.10. The predicted molar refractivity (Wildman–Crippen MR) is 174 cm³/mol. The van der Waals surface area contributed by atoms with Crippen LogP contribution in [0.15, 0.2) is 53.4 Å². The Morgan fingerprint density at radius 3 is 2.49 bits per heavy atom. The number of thiazole rings is 1. The molecule has 1 aromatic heterocycles. The van der Waals surface area contributed by atoms with Gasteiger partial charge in [0.1, 0.15) is 12.1 Å². The number of carbonyl (C=O) groups is 4. The molecule has 236 valence electrons. The molecule has 7 rings (SSSR count). The lowest BCUT2D eigenvalue weighted by molar-refractivity contribution is -0.145. The van der Waals surface area contributed by atoms with Crippen LogP contribution in [0.3, 0.4) is 0 Å². The minimum atomic E-state index is -0.808. The summed E-state index contributed by atoms with van der Waals surface area (Å²) in [5.74, 6) is -0.288. The average molecular weight is 648 g/mol. The lowest BCUT2D eigenvalue weighted by atomic mass is 9.94. The van der Waals surface area contributed by atoms with Crippen molar-refractivity contribution in [2.24, 2.45) is 5.92 Å². The first-order valence-electron chi connectivity index (χ1n) is 15.8. The third-order valence-electron chi connectivity index (χ3n) is 9.06. The van der Waals surface area contributed by atoms with Crippen LogP contribution in [0.1, 0.15) is 61.7 Å².